The molecule has 3 aliphatic rings. The van der Waals surface area contributed by atoms with Crippen LogP contribution in [0.2, 0.25) is 0 Å². The number of allylic oxidation sites excluding steroid dienone is 10. The number of hydrogen-bond donors (Lipinski definition) is 0. The van der Waals surface area contributed by atoms with Gasteiger partial charge in [-0.2, -0.15) is 0 Å². The van der Waals surface area contributed by atoms with Crippen molar-refractivity contribution in [2.24, 2.45) is 21.8 Å². The fraction of sp³-hybridized carbons (Fsp3) is 0.412. The number of carbonyl (C=O) groups is 1. The first-order chi connectivity index (χ1) is 18.0. The minimum Gasteiger partial charge on any atom is -0.371 e. The van der Waals surface area contributed by atoms with Gasteiger partial charge >= 0.3 is 0 Å². The second-order valence-corrected chi connectivity index (χ2v) is 10.7. The van der Waals surface area contributed by atoms with Crippen LogP contribution in [0.4, 0.5) is 0 Å². The Kier molecular flexibility index (Phi) is 9.83. The first-order valence-corrected chi connectivity index (χ1v) is 13.6. The number of rotatable bonds is 5. The van der Waals surface area contributed by atoms with E-state index in [1.807, 2.05) is 6.08 Å². The van der Waals surface area contributed by atoms with Gasteiger partial charge < -0.3 is 4.90 Å². The highest BCUT2D eigenvalue weighted by molar-refractivity contribution is 6.19. The number of carbonyl (C=O) groups excluding carboxylic acids is 1. The van der Waals surface area contributed by atoms with Crippen LogP contribution >= 0.6 is 0 Å². The molecule has 0 saturated carbocycles. The van der Waals surface area contributed by atoms with Crippen LogP contribution < -0.4 is 0 Å². The third-order valence-corrected chi connectivity index (χ3v) is 7.68. The van der Waals surface area contributed by atoms with E-state index in [0.29, 0.717) is 29.3 Å². The molecule has 0 spiro atoms. The molecule has 0 aromatic heterocycles. The number of likely N-dealkylation sites (tertiary alicyclic amines) is 1. The Morgan fingerprint density at radius 2 is 1.95 bits per heavy atom. The molecule has 0 bridgehead atoms. The summed E-state index contributed by atoms with van der Waals surface area (Å²) in [5.41, 5.74) is 13.1. The fourth-order valence-corrected chi connectivity index (χ4v) is 5.10. The van der Waals surface area contributed by atoms with Gasteiger partial charge in [0.15, 0.2) is 5.78 Å². The SMILES string of the molecule is C=C1CC(/C=C\C(=C/C)N2CCCC(=C)[C@@H](C)C2)=NC(C(/C=C2/C(C)=C=C(C)C(C)=CC2C)=N/C)=CC1=O. The number of ketones is 1. The molecule has 0 radical (unpaired) electrons. The first-order valence-electron chi connectivity index (χ1n) is 13.6. The Morgan fingerprint density at radius 1 is 1.21 bits per heavy atom. The molecule has 4 heteroatoms. The van der Waals surface area contributed by atoms with Gasteiger partial charge in [-0.1, -0.05) is 44.7 Å². The van der Waals surface area contributed by atoms with Crippen molar-refractivity contribution < 1.29 is 4.79 Å². The summed E-state index contributed by atoms with van der Waals surface area (Å²) in [7, 11) is 1.75. The van der Waals surface area contributed by atoms with E-state index < -0.39 is 0 Å². The summed E-state index contributed by atoms with van der Waals surface area (Å²) in [6.45, 7) is 23.0. The van der Waals surface area contributed by atoms with E-state index in [4.69, 9.17) is 4.99 Å². The van der Waals surface area contributed by atoms with Gasteiger partial charge in [0.05, 0.1) is 11.4 Å². The van der Waals surface area contributed by atoms with E-state index in [-0.39, 0.29) is 11.7 Å². The van der Waals surface area contributed by atoms with Gasteiger partial charge in [0.25, 0.3) is 0 Å². The highest BCUT2D eigenvalue weighted by atomic mass is 16.1. The fourth-order valence-electron chi connectivity index (χ4n) is 5.10. The van der Waals surface area contributed by atoms with Crippen molar-refractivity contribution in [3.8, 4) is 0 Å². The second-order valence-electron chi connectivity index (χ2n) is 10.7. The van der Waals surface area contributed by atoms with Crippen LogP contribution in [-0.4, -0.2) is 42.2 Å². The van der Waals surface area contributed by atoms with Crippen LogP contribution in [0.3, 0.4) is 0 Å². The zero-order valence-corrected chi connectivity index (χ0v) is 24.3. The Balaban J connectivity index is 1.96. The van der Waals surface area contributed by atoms with Gasteiger partial charge in [-0.05, 0) is 92.5 Å². The van der Waals surface area contributed by atoms with E-state index in [1.165, 1.54) is 11.1 Å². The monoisotopic (exact) mass is 509 g/mol. The molecule has 4 nitrogen and oxygen atoms in total. The molecule has 3 rings (SSSR count). The maximum atomic E-state index is 12.9. The van der Waals surface area contributed by atoms with E-state index in [9.17, 15) is 4.79 Å². The number of aliphatic imine (C=N–C) groups is 2. The van der Waals surface area contributed by atoms with Gasteiger partial charge in [0.2, 0.25) is 0 Å². The number of hydrogen-bond acceptors (Lipinski definition) is 4. The molecule has 0 aromatic carbocycles. The molecule has 0 aromatic rings. The molecule has 1 aliphatic carbocycles. The molecular weight excluding hydrogens is 466 g/mol. The lowest BCUT2D eigenvalue weighted by Crippen LogP contribution is -2.26. The summed E-state index contributed by atoms with van der Waals surface area (Å²) in [6, 6.07) is 0. The van der Waals surface area contributed by atoms with Gasteiger partial charge in [-0.25, -0.2) is 0 Å². The highest BCUT2D eigenvalue weighted by Gasteiger charge is 2.20. The molecule has 1 unspecified atom stereocenters. The van der Waals surface area contributed by atoms with E-state index in [1.54, 1.807) is 13.1 Å². The Labute approximate surface area is 229 Å². The largest absolute Gasteiger partial charge is 0.371 e. The zero-order valence-electron chi connectivity index (χ0n) is 24.3. The average molecular weight is 510 g/mol. The molecule has 0 amide bonds. The van der Waals surface area contributed by atoms with Crippen LogP contribution in [0.1, 0.15) is 60.8 Å². The first kappa shape index (κ1) is 29.1. The third-order valence-electron chi connectivity index (χ3n) is 7.68. The van der Waals surface area contributed by atoms with Crippen LogP contribution in [0, 0.1) is 11.8 Å². The summed E-state index contributed by atoms with van der Waals surface area (Å²) >= 11 is 0. The normalized spacial score (nSPS) is 25.4. The van der Waals surface area contributed by atoms with E-state index >= 15 is 0 Å². The minimum atomic E-state index is -0.106. The van der Waals surface area contributed by atoms with E-state index in [2.05, 4.69) is 94.6 Å². The molecule has 0 N–H and O–H groups in total. The van der Waals surface area contributed by atoms with Gasteiger partial charge in [0, 0.05) is 50.0 Å². The maximum absolute atomic E-state index is 12.9. The van der Waals surface area contributed by atoms with Gasteiger partial charge in [-0.15, -0.1) is 5.73 Å². The molecule has 38 heavy (non-hydrogen) atoms. The average Bonchev–Trinajstić information content (AvgIpc) is 3.16. The van der Waals surface area contributed by atoms with Crippen LogP contribution in [0.15, 0.2) is 110 Å². The summed E-state index contributed by atoms with van der Waals surface area (Å²) in [5.74, 6) is 0.549. The maximum Gasteiger partial charge on any atom is 0.183 e. The molecule has 2 heterocycles. The smallest absolute Gasteiger partial charge is 0.183 e. The zero-order chi connectivity index (χ0) is 28.0. The van der Waals surface area contributed by atoms with Crippen molar-refractivity contribution in [2.75, 3.05) is 20.1 Å². The van der Waals surface area contributed by atoms with Crippen molar-refractivity contribution in [1.29, 1.82) is 0 Å². The molecule has 2 atom stereocenters. The Hall–Kier alpha value is -3.49. The Morgan fingerprint density at radius 3 is 2.63 bits per heavy atom. The molecule has 1 saturated heterocycles. The second kappa shape index (κ2) is 12.8. The standard InChI is InChI=1S/C34H43N3O/c1-10-30(37-15-11-12-22(2)28(8)21-37)14-13-29-18-27(7)34(38)20-33(36-29)32(35-9)19-31-25(5)16-23(3)24(4)17-26(31)6/h10,13-14,16,19-20,25,28H,2,7,11-12,15,18,21H2,1,3-6,8-9H3/b14-13-,30-10+,31-19+,35-32+/t25?,28-/m0/s1. The third kappa shape index (κ3) is 7.08. The quantitative estimate of drug-likeness (QED) is 0.125. The predicted molar refractivity (Wildman–Crippen MR) is 163 cm³/mol. The van der Waals surface area contributed by atoms with Crippen LogP contribution in [0.25, 0.3) is 0 Å². The predicted octanol–water partition coefficient (Wildman–Crippen LogP) is 7.67. The lowest BCUT2D eigenvalue weighted by atomic mass is 9.93. The Bertz CT molecular complexity index is 1300. The van der Waals surface area contributed by atoms with Crippen molar-refractivity contribution in [1.82, 2.24) is 4.90 Å². The molecule has 1 fully saturated rings. The summed E-state index contributed by atoms with van der Waals surface area (Å²) in [6.07, 6.45) is 14.7. The summed E-state index contributed by atoms with van der Waals surface area (Å²) in [4.78, 5) is 24.8. The topological polar surface area (TPSA) is 45.0 Å². The van der Waals surface area contributed by atoms with Gasteiger partial charge in [-0.3, -0.25) is 14.8 Å². The lowest BCUT2D eigenvalue weighted by Gasteiger charge is -2.26. The van der Waals surface area contributed by atoms with Gasteiger partial charge in [0.1, 0.15) is 0 Å². The molecule has 2 aliphatic heterocycles. The van der Waals surface area contributed by atoms with Crippen molar-refractivity contribution in [2.45, 2.75) is 60.8 Å². The van der Waals surface area contributed by atoms with Crippen molar-refractivity contribution in [3.05, 3.63) is 100 Å². The lowest BCUT2D eigenvalue weighted by molar-refractivity contribution is -0.111. The summed E-state index contributed by atoms with van der Waals surface area (Å²) < 4.78 is 0. The molecule has 200 valence electrons. The van der Waals surface area contributed by atoms with Crippen LogP contribution in [0.5, 0.6) is 0 Å². The highest BCUT2D eigenvalue weighted by Crippen LogP contribution is 2.28. The van der Waals surface area contributed by atoms with Crippen molar-refractivity contribution in [3.63, 3.8) is 0 Å². The van der Waals surface area contributed by atoms with Crippen molar-refractivity contribution >= 4 is 17.2 Å². The minimum absolute atomic E-state index is 0.106. The summed E-state index contributed by atoms with van der Waals surface area (Å²) in [5, 5.41) is 0. The molecular formula is C34H43N3O. The number of nitrogens with zero attached hydrogens (tertiary/aromatic N) is 3. The van der Waals surface area contributed by atoms with Crippen LogP contribution in [-0.2, 0) is 4.79 Å². The van der Waals surface area contributed by atoms with E-state index in [0.717, 1.165) is 54.1 Å².